The molecule has 0 aliphatic rings. The van der Waals surface area contributed by atoms with E-state index >= 15 is 0 Å². The number of hydrogen-bond donors (Lipinski definition) is 3. The minimum Gasteiger partial charge on any atom is -0.394 e. The van der Waals surface area contributed by atoms with Gasteiger partial charge in [0.15, 0.2) is 0 Å². The van der Waals surface area contributed by atoms with Gasteiger partial charge >= 0.3 is 0 Å². The van der Waals surface area contributed by atoms with Gasteiger partial charge in [-0.05, 0) is 13.3 Å². The molecule has 3 N–H and O–H groups in total. The SMILES string of the molecule is CCc1cc(NC(C)(CO)CO)nc(N(C)C)n1. The average molecular weight is 254 g/mol. The maximum Gasteiger partial charge on any atom is 0.226 e. The number of hydrogen-bond acceptors (Lipinski definition) is 6. The largest absolute Gasteiger partial charge is 0.394 e. The molecule has 0 aliphatic heterocycles. The molecule has 0 spiro atoms. The lowest BCUT2D eigenvalue weighted by Gasteiger charge is -2.27. The smallest absolute Gasteiger partial charge is 0.226 e. The van der Waals surface area contributed by atoms with Crippen LogP contribution in [0.2, 0.25) is 0 Å². The molecule has 1 heterocycles. The minimum absolute atomic E-state index is 0.174. The van der Waals surface area contributed by atoms with Gasteiger partial charge in [0.2, 0.25) is 5.95 Å². The van der Waals surface area contributed by atoms with Gasteiger partial charge in [0.25, 0.3) is 0 Å². The Morgan fingerprint density at radius 1 is 1.28 bits per heavy atom. The number of nitrogens with zero attached hydrogens (tertiary/aromatic N) is 3. The van der Waals surface area contributed by atoms with Gasteiger partial charge in [0.05, 0.1) is 18.8 Å². The molecule has 0 saturated heterocycles. The lowest BCUT2D eigenvalue weighted by atomic mass is 10.1. The number of aromatic nitrogens is 2. The molecule has 0 aromatic carbocycles. The maximum absolute atomic E-state index is 9.28. The number of aliphatic hydroxyl groups excluding tert-OH is 2. The highest BCUT2D eigenvalue weighted by atomic mass is 16.3. The Morgan fingerprint density at radius 3 is 2.33 bits per heavy atom. The van der Waals surface area contributed by atoms with E-state index in [1.807, 2.05) is 32.0 Å². The summed E-state index contributed by atoms with van der Waals surface area (Å²) in [5.41, 5.74) is 0.123. The second kappa shape index (κ2) is 5.97. The fourth-order valence-electron chi connectivity index (χ4n) is 1.37. The molecule has 6 heteroatoms. The molecule has 6 nitrogen and oxygen atoms in total. The summed E-state index contributed by atoms with van der Waals surface area (Å²) in [6.45, 7) is 3.40. The highest BCUT2D eigenvalue weighted by Crippen LogP contribution is 2.17. The molecule has 0 aliphatic carbocycles. The predicted octanol–water partition coefficient (Wildman–Crippen LogP) is 0.260. The normalized spacial score (nSPS) is 11.4. The number of aliphatic hydroxyl groups is 2. The zero-order valence-electron chi connectivity index (χ0n) is 11.4. The molecule has 0 atom stereocenters. The molecule has 0 amide bonds. The van der Waals surface area contributed by atoms with Crippen LogP contribution < -0.4 is 10.2 Å². The Labute approximate surface area is 108 Å². The van der Waals surface area contributed by atoms with Gasteiger partial charge in [-0.1, -0.05) is 6.92 Å². The zero-order chi connectivity index (χ0) is 13.8. The number of nitrogens with one attached hydrogen (secondary N) is 1. The Hall–Kier alpha value is -1.40. The van der Waals surface area contributed by atoms with E-state index in [9.17, 15) is 10.2 Å². The van der Waals surface area contributed by atoms with Gasteiger partial charge in [-0.25, -0.2) is 4.98 Å². The van der Waals surface area contributed by atoms with Gasteiger partial charge < -0.3 is 20.4 Å². The molecule has 0 fully saturated rings. The molecular weight excluding hydrogens is 232 g/mol. The molecule has 102 valence electrons. The topological polar surface area (TPSA) is 81.5 Å². The summed E-state index contributed by atoms with van der Waals surface area (Å²) in [6, 6.07) is 1.83. The summed E-state index contributed by atoms with van der Waals surface area (Å²) >= 11 is 0. The van der Waals surface area contributed by atoms with Crippen LogP contribution in [0.15, 0.2) is 6.07 Å². The molecule has 0 bridgehead atoms. The van der Waals surface area contributed by atoms with E-state index in [4.69, 9.17) is 0 Å². The van der Waals surface area contributed by atoms with E-state index in [0.717, 1.165) is 12.1 Å². The highest BCUT2D eigenvalue weighted by molar-refractivity contribution is 5.45. The van der Waals surface area contributed by atoms with E-state index in [0.29, 0.717) is 11.8 Å². The van der Waals surface area contributed by atoms with Gasteiger partial charge in [0.1, 0.15) is 5.82 Å². The summed E-state index contributed by atoms with van der Waals surface area (Å²) < 4.78 is 0. The lowest BCUT2D eigenvalue weighted by Crippen LogP contribution is -2.42. The van der Waals surface area contributed by atoms with Crippen molar-refractivity contribution in [3.8, 4) is 0 Å². The second-order valence-electron chi connectivity index (χ2n) is 4.79. The average Bonchev–Trinajstić information content (AvgIpc) is 2.38. The van der Waals surface area contributed by atoms with Crippen molar-refractivity contribution >= 4 is 11.8 Å². The van der Waals surface area contributed by atoms with Crippen molar-refractivity contribution in [3.63, 3.8) is 0 Å². The van der Waals surface area contributed by atoms with E-state index in [-0.39, 0.29) is 13.2 Å². The lowest BCUT2D eigenvalue weighted by molar-refractivity contribution is 0.147. The molecule has 1 aromatic rings. The first-order chi connectivity index (χ1) is 8.44. The van der Waals surface area contributed by atoms with Crippen molar-refractivity contribution in [2.45, 2.75) is 25.8 Å². The third-order valence-corrected chi connectivity index (χ3v) is 2.66. The van der Waals surface area contributed by atoms with Gasteiger partial charge in [0, 0.05) is 25.9 Å². The first-order valence-electron chi connectivity index (χ1n) is 5.99. The third-order valence-electron chi connectivity index (χ3n) is 2.66. The fourth-order valence-corrected chi connectivity index (χ4v) is 1.37. The van der Waals surface area contributed by atoms with Crippen LogP contribution in [0.5, 0.6) is 0 Å². The van der Waals surface area contributed by atoms with Crippen LogP contribution in [-0.4, -0.2) is 53.0 Å². The first-order valence-corrected chi connectivity index (χ1v) is 5.99. The molecule has 18 heavy (non-hydrogen) atoms. The van der Waals surface area contributed by atoms with Crippen molar-refractivity contribution in [3.05, 3.63) is 11.8 Å². The predicted molar refractivity (Wildman–Crippen MR) is 71.9 cm³/mol. The minimum atomic E-state index is -0.789. The summed E-state index contributed by atoms with van der Waals surface area (Å²) in [4.78, 5) is 10.5. The number of aryl methyl sites for hydroxylation is 1. The Kier molecular flexibility index (Phi) is 4.86. The molecular formula is C12H22N4O2. The summed E-state index contributed by atoms with van der Waals surface area (Å²) in [5.74, 6) is 1.21. The van der Waals surface area contributed by atoms with Crippen molar-refractivity contribution in [2.75, 3.05) is 37.5 Å². The van der Waals surface area contributed by atoms with E-state index < -0.39 is 5.54 Å². The first kappa shape index (κ1) is 14.7. The molecule has 1 rings (SSSR count). The van der Waals surface area contributed by atoms with Crippen LogP contribution in [-0.2, 0) is 6.42 Å². The standard InChI is InChI=1S/C12H22N4O2/c1-5-9-6-10(14-11(13-9)16(3)4)15-12(2,7-17)8-18/h6,17-18H,5,7-8H2,1-4H3,(H,13,14,15). The monoisotopic (exact) mass is 254 g/mol. The van der Waals surface area contributed by atoms with Crippen molar-refractivity contribution < 1.29 is 10.2 Å². The molecule has 0 saturated carbocycles. The van der Waals surface area contributed by atoms with Crippen LogP contribution >= 0.6 is 0 Å². The number of rotatable bonds is 6. The Morgan fingerprint density at radius 2 is 1.89 bits per heavy atom. The Bertz CT molecular complexity index is 392. The quantitative estimate of drug-likeness (QED) is 0.675. The van der Waals surface area contributed by atoms with Crippen molar-refractivity contribution in [1.82, 2.24) is 9.97 Å². The van der Waals surface area contributed by atoms with Crippen LogP contribution in [0.4, 0.5) is 11.8 Å². The highest BCUT2D eigenvalue weighted by Gasteiger charge is 2.23. The van der Waals surface area contributed by atoms with Gasteiger partial charge in [-0.3, -0.25) is 0 Å². The fraction of sp³-hybridized carbons (Fsp3) is 0.667. The van der Waals surface area contributed by atoms with Crippen LogP contribution in [0, 0.1) is 0 Å². The van der Waals surface area contributed by atoms with Gasteiger partial charge in [-0.15, -0.1) is 0 Å². The molecule has 1 aromatic heterocycles. The van der Waals surface area contributed by atoms with E-state index in [1.165, 1.54) is 0 Å². The summed E-state index contributed by atoms with van der Waals surface area (Å²) in [7, 11) is 3.74. The summed E-state index contributed by atoms with van der Waals surface area (Å²) in [6.07, 6.45) is 0.799. The van der Waals surface area contributed by atoms with Crippen molar-refractivity contribution in [1.29, 1.82) is 0 Å². The van der Waals surface area contributed by atoms with E-state index in [1.54, 1.807) is 6.92 Å². The third kappa shape index (κ3) is 3.54. The van der Waals surface area contributed by atoms with Crippen LogP contribution in [0.3, 0.4) is 0 Å². The molecule has 0 radical (unpaired) electrons. The van der Waals surface area contributed by atoms with Crippen LogP contribution in [0.25, 0.3) is 0 Å². The maximum atomic E-state index is 9.28. The van der Waals surface area contributed by atoms with Crippen molar-refractivity contribution in [2.24, 2.45) is 0 Å². The number of anilines is 2. The second-order valence-corrected chi connectivity index (χ2v) is 4.79. The zero-order valence-corrected chi connectivity index (χ0v) is 11.4. The Balaban J connectivity index is 3.04. The van der Waals surface area contributed by atoms with E-state index in [2.05, 4.69) is 15.3 Å². The van der Waals surface area contributed by atoms with Crippen LogP contribution in [0.1, 0.15) is 19.5 Å². The summed E-state index contributed by atoms with van der Waals surface area (Å²) in [5, 5.41) is 21.6. The molecule has 0 unspecified atom stereocenters. The van der Waals surface area contributed by atoms with Gasteiger partial charge in [-0.2, -0.15) is 4.98 Å².